The number of hydrogen-bond donors (Lipinski definition) is 1. The second-order valence-corrected chi connectivity index (χ2v) is 4.71. The van der Waals surface area contributed by atoms with Gasteiger partial charge in [-0.3, -0.25) is 4.79 Å². The van der Waals surface area contributed by atoms with E-state index in [9.17, 15) is 9.90 Å². The molecule has 3 rings (SSSR count). The van der Waals surface area contributed by atoms with Crippen molar-refractivity contribution in [3.63, 3.8) is 0 Å². The zero-order valence-corrected chi connectivity index (χ0v) is 10.3. The average Bonchev–Trinajstić information content (AvgIpc) is 2.46. The van der Waals surface area contributed by atoms with Crippen LogP contribution < -0.4 is 4.74 Å². The van der Waals surface area contributed by atoms with Crippen molar-refractivity contribution in [2.24, 2.45) is 5.92 Å². The molecule has 2 unspecified atom stereocenters. The van der Waals surface area contributed by atoms with E-state index in [4.69, 9.17) is 4.74 Å². The van der Waals surface area contributed by atoms with Gasteiger partial charge in [0.25, 0.3) is 0 Å². The summed E-state index contributed by atoms with van der Waals surface area (Å²) in [7, 11) is 0. The van der Waals surface area contributed by atoms with Crippen LogP contribution in [0.3, 0.4) is 0 Å². The van der Waals surface area contributed by atoms with Gasteiger partial charge in [0, 0.05) is 0 Å². The number of hydrogen-bond acceptors (Lipinski definition) is 2. The number of benzene rings is 2. The van der Waals surface area contributed by atoms with Gasteiger partial charge >= 0.3 is 5.97 Å². The second kappa shape index (κ2) is 4.76. The van der Waals surface area contributed by atoms with Crippen molar-refractivity contribution in [1.29, 1.82) is 0 Å². The maximum absolute atomic E-state index is 11.5. The molecule has 0 spiro atoms. The highest BCUT2D eigenvalue weighted by Gasteiger charge is 2.35. The molecule has 2 atom stereocenters. The van der Waals surface area contributed by atoms with Crippen molar-refractivity contribution < 1.29 is 14.6 Å². The van der Waals surface area contributed by atoms with E-state index >= 15 is 0 Å². The van der Waals surface area contributed by atoms with Crippen LogP contribution >= 0.6 is 0 Å². The molecule has 0 radical (unpaired) electrons. The van der Waals surface area contributed by atoms with Crippen LogP contribution in [-0.4, -0.2) is 11.1 Å². The van der Waals surface area contributed by atoms with E-state index in [-0.39, 0.29) is 0 Å². The van der Waals surface area contributed by atoms with Gasteiger partial charge in [0.2, 0.25) is 0 Å². The lowest BCUT2D eigenvalue weighted by Crippen LogP contribution is -2.31. The SMILES string of the molecule is O=C(O)C1Cc2ccccc2OC1c1ccccc1. The van der Waals surface area contributed by atoms with Gasteiger partial charge in [-0.2, -0.15) is 0 Å². The lowest BCUT2D eigenvalue weighted by molar-refractivity contribution is -0.145. The molecule has 96 valence electrons. The van der Waals surface area contributed by atoms with E-state index in [1.165, 1.54) is 0 Å². The third-order valence-electron chi connectivity index (χ3n) is 3.48. The van der Waals surface area contributed by atoms with Gasteiger partial charge in [-0.1, -0.05) is 48.5 Å². The lowest BCUT2D eigenvalue weighted by Gasteiger charge is -2.31. The van der Waals surface area contributed by atoms with Crippen LogP contribution in [0, 0.1) is 5.92 Å². The van der Waals surface area contributed by atoms with Gasteiger partial charge in [-0.15, -0.1) is 0 Å². The lowest BCUT2D eigenvalue weighted by atomic mass is 9.87. The average molecular weight is 254 g/mol. The molecule has 0 aromatic heterocycles. The fraction of sp³-hybridized carbons (Fsp3) is 0.188. The first-order valence-electron chi connectivity index (χ1n) is 6.28. The first-order chi connectivity index (χ1) is 9.25. The minimum absolute atomic E-state index is 0.423. The zero-order chi connectivity index (χ0) is 13.2. The molecule has 2 aromatic carbocycles. The highest BCUT2D eigenvalue weighted by molar-refractivity contribution is 5.72. The minimum atomic E-state index is -0.816. The Balaban J connectivity index is 2.01. The standard InChI is InChI=1S/C16H14O3/c17-16(18)13-10-12-8-4-5-9-14(12)19-15(13)11-6-2-1-3-7-11/h1-9,13,15H,10H2,(H,17,18). The zero-order valence-electron chi connectivity index (χ0n) is 10.3. The number of para-hydroxylation sites is 1. The van der Waals surface area contributed by atoms with E-state index in [0.29, 0.717) is 6.42 Å². The highest BCUT2D eigenvalue weighted by atomic mass is 16.5. The third kappa shape index (κ3) is 2.19. The molecule has 3 heteroatoms. The summed E-state index contributed by atoms with van der Waals surface area (Å²) in [6.45, 7) is 0. The van der Waals surface area contributed by atoms with Gasteiger partial charge in [-0.05, 0) is 23.6 Å². The summed E-state index contributed by atoms with van der Waals surface area (Å²) in [6, 6.07) is 17.2. The maximum atomic E-state index is 11.5. The van der Waals surface area contributed by atoms with Crippen molar-refractivity contribution in [3.05, 3.63) is 65.7 Å². The van der Waals surface area contributed by atoms with Crippen molar-refractivity contribution in [3.8, 4) is 5.75 Å². The topological polar surface area (TPSA) is 46.5 Å². The molecule has 1 heterocycles. The Morgan fingerprint density at radius 1 is 1.05 bits per heavy atom. The molecule has 1 aliphatic heterocycles. The first kappa shape index (κ1) is 11.8. The predicted octanol–water partition coefficient (Wildman–Crippen LogP) is 3.06. The molecule has 3 nitrogen and oxygen atoms in total. The summed E-state index contributed by atoms with van der Waals surface area (Å²) in [6.07, 6.45) is 0.0824. The molecular weight excluding hydrogens is 240 g/mol. The molecular formula is C16H14O3. The van der Waals surface area contributed by atoms with E-state index in [2.05, 4.69) is 0 Å². The number of carboxylic acid groups (broad SMARTS) is 1. The van der Waals surface area contributed by atoms with Gasteiger partial charge in [-0.25, -0.2) is 0 Å². The summed E-state index contributed by atoms with van der Waals surface area (Å²) in [5.74, 6) is -0.575. The van der Waals surface area contributed by atoms with E-state index in [1.54, 1.807) is 0 Å². The smallest absolute Gasteiger partial charge is 0.310 e. The number of ether oxygens (including phenoxy) is 1. The van der Waals surface area contributed by atoms with Crippen LogP contribution in [0.1, 0.15) is 17.2 Å². The Morgan fingerprint density at radius 3 is 2.47 bits per heavy atom. The monoisotopic (exact) mass is 254 g/mol. The highest BCUT2D eigenvalue weighted by Crippen LogP contribution is 2.38. The number of aliphatic carboxylic acids is 1. The Labute approximate surface area is 111 Å². The third-order valence-corrected chi connectivity index (χ3v) is 3.48. The molecule has 0 aliphatic carbocycles. The van der Waals surface area contributed by atoms with Crippen molar-refractivity contribution in [1.82, 2.24) is 0 Å². The van der Waals surface area contributed by atoms with Gasteiger partial charge in [0.1, 0.15) is 17.8 Å². The van der Waals surface area contributed by atoms with E-state index < -0.39 is 18.0 Å². The number of carboxylic acids is 1. The Kier molecular flexibility index (Phi) is 2.95. The van der Waals surface area contributed by atoms with Crippen molar-refractivity contribution >= 4 is 5.97 Å². The molecule has 0 fully saturated rings. The van der Waals surface area contributed by atoms with Crippen LogP contribution in [0.4, 0.5) is 0 Å². The molecule has 0 bridgehead atoms. The predicted molar refractivity (Wildman–Crippen MR) is 71.1 cm³/mol. The Morgan fingerprint density at radius 2 is 1.74 bits per heavy atom. The number of carbonyl (C=O) groups is 1. The fourth-order valence-electron chi connectivity index (χ4n) is 2.51. The molecule has 1 aliphatic rings. The molecule has 1 N–H and O–H groups in total. The van der Waals surface area contributed by atoms with Crippen LogP contribution in [0.5, 0.6) is 5.75 Å². The summed E-state index contributed by atoms with van der Waals surface area (Å²) in [5.41, 5.74) is 1.87. The largest absolute Gasteiger partial charge is 0.485 e. The Hall–Kier alpha value is -2.29. The molecule has 0 saturated carbocycles. The second-order valence-electron chi connectivity index (χ2n) is 4.71. The summed E-state index contributed by atoms with van der Waals surface area (Å²) >= 11 is 0. The summed E-state index contributed by atoms with van der Waals surface area (Å²) in [5, 5.41) is 9.42. The van der Waals surface area contributed by atoms with Crippen LogP contribution in [0.25, 0.3) is 0 Å². The number of fused-ring (bicyclic) bond motifs is 1. The van der Waals surface area contributed by atoms with Crippen LogP contribution in [-0.2, 0) is 11.2 Å². The normalized spacial score (nSPS) is 21.3. The minimum Gasteiger partial charge on any atom is -0.485 e. The summed E-state index contributed by atoms with van der Waals surface area (Å²) in [4.78, 5) is 11.5. The molecule has 19 heavy (non-hydrogen) atoms. The van der Waals surface area contributed by atoms with Crippen molar-refractivity contribution in [2.75, 3.05) is 0 Å². The van der Waals surface area contributed by atoms with Crippen LogP contribution in [0.15, 0.2) is 54.6 Å². The molecule has 0 amide bonds. The van der Waals surface area contributed by atoms with E-state index in [1.807, 2.05) is 54.6 Å². The molecule has 2 aromatic rings. The van der Waals surface area contributed by atoms with Crippen LogP contribution in [0.2, 0.25) is 0 Å². The Bertz CT molecular complexity index is 592. The van der Waals surface area contributed by atoms with Gasteiger partial charge < -0.3 is 9.84 Å². The summed E-state index contributed by atoms with van der Waals surface area (Å²) < 4.78 is 5.91. The van der Waals surface area contributed by atoms with Gasteiger partial charge in [0.15, 0.2) is 0 Å². The maximum Gasteiger partial charge on any atom is 0.310 e. The number of rotatable bonds is 2. The van der Waals surface area contributed by atoms with Gasteiger partial charge in [0.05, 0.1) is 0 Å². The van der Waals surface area contributed by atoms with E-state index in [0.717, 1.165) is 16.9 Å². The molecule has 0 saturated heterocycles. The van der Waals surface area contributed by atoms with Crippen molar-refractivity contribution in [2.45, 2.75) is 12.5 Å². The first-order valence-corrected chi connectivity index (χ1v) is 6.28. The quantitative estimate of drug-likeness (QED) is 0.895. The fourth-order valence-corrected chi connectivity index (χ4v) is 2.51.